The van der Waals surface area contributed by atoms with Gasteiger partial charge < -0.3 is 21.5 Å². The lowest BCUT2D eigenvalue weighted by Gasteiger charge is -2.28. The average molecular weight is 302 g/mol. The summed E-state index contributed by atoms with van der Waals surface area (Å²) in [6, 6.07) is 6.12. The molecule has 0 saturated carbocycles. The number of carbonyl (C=O) groups excluding carboxylic acids is 1. The van der Waals surface area contributed by atoms with Crippen LogP contribution in [0, 0.1) is 0 Å². The van der Waals surface area contributed by atoms with Crippen molar-refractivity contribution in [1.29, 1.82) is 0 Å². The molecule has 0 radical (unpaired) electrons. The number of benzene rings is 1. The molecule has 1 aromatic heterocycles. The molecule has 6 nitrogen and oxygen atoms in total. The van der Waals surface area contributed by atoms with Crippen LogP contribution < -0.4 is 16.4 Å². The van der Waals surface area contributed by atoms with Crippen molar-refractivity contribution in [2.75, 3.05) is 5.73 Å². The third-order valence-electron chi connectivity index (χ3n) is 3.29. The normalized spacial score (nSPS) is 18.3. The Kier molecular flexibility index (Phi) is 3.26. The molecule has 0 spiro atoms. The molecule has 21 heavy (non-hydrogen) atoms. The zero-order valence-corrected chi connectivity index (χ0v) is 12.1. The molecule has 2 amide bonds. The summed E-state index contributed by atoms with van der Waals surface area (Å²) in [5, 5.41) is 17.4. The van der Waals surface area contributed by atoms with Gasteiger partial charge in [0.25, 0.3) is 0 Å². The fourth-order valence-corrected chi connectivity index (χ4v) is 2.92. The number of aromatic hydroxyl groups is 1. The van der Waals surface area contributed by atoms with Crippen LogP contribution in [0.3, 0.4) is 0 Å². The highest BCUT2D eigenvalue weighted by Gasteiger charge is 2.28. The van der Waals surface area contributed by atoms with Gasteiger partial charge >= 0.3 is 6.03 Å². The Morgan fingerprint density at radius 2 is 2.05 bits per heavy atom. The van der Waals surface area contributed by atoms with Crippen LogP contribution in [0.25, 0.3) is 5.57 Å². The minimum atomic E-state index is -0.333. The second-order valence-corrected chi connectivity index (χ2v) is 5.62. The van der Waals surface area contributed by atoms with E-state index in [0.29, 0.717) is 5.13 Å². The maximum Gasteiger partial charge on any atom is 0.319 e. The highest BCUT2D eigenvalue weighted by atomic mass is 32.1. The maximum atomic E-state index is 11.8. The van der Waals surface area contributed by atoms with Gasteiger partial charge in [0.05, 0.1) is 11.7 Å². The zero-order chi connectivity index (χ0) is 15.0. The van der Waals surface area contributed by atoms with Gasteiger partial charge in [-0.05, 0) is 24.6 Å². The Morgan fingerprint density at radius 1 is 1.33 bits per heavy atom. The Morgan fingerprint density at radius 3 is 2.67 bits per heavy atom. The Hall–Kier alpha value is -2.54. The molecule has 1 aliphatic rings. The molecule has 0 fully saturated rings. The molecule has 108 valence electrons. The summed E-state index contributed by atoms with van der Waals surface area (Å²) in [4.78, 5) is 16.1. The predicted octanol–water partition coefficient (Wildman–Crippen LogP) is 2.22. The average Bonchev–Trinajstić information content (AvgIpc) is 2.85. The number of hydrogen-bond acceptors (Lipinski definition) is 5. The molecule has 0 bridgehead atoms. The lowest BCUT2D eigenvalue weighted by Crippen LogP contribution is -2.42. The predicted molar refractivity (Wildman–Crippen MR) is 81.6 cm³/mol. The first-order valence-corrected chi connectivity index (χ1v) is 7.21. The van der Waals surface area contributed by atoms with E-state index in [1.54, 1.807) is 24.3 Å². The van der Waals surface area contributed by atoms with Crippen molar-refractivity contribution < 1.29 is 9.90 Å². The summed E-state index contributed by atoms with van der Waals surface area (Å²) in [6.07, 6.45) is 0. The summed E-state index contributed by atoms with van der Waals surface area (Å²) in [5.74, 6) is 0.180. The molecule has 1 aromatic carbocycles. The first-order valence-electron chi connectivity index (χ1n) is 6.33. The molecule has 0 aliphatic carbocycles. The van der Waals surface area contributed by atoms with E-state index in [1.807, 2.05) is 12.3 Å². The quantitative estimate of drug-likeness (QED) is 0.683. The van der Waals surface area contributed by atoms with Crippen molar-refractivity contribution in [3.63, 3.8) is 0 Å². The van der Waals surface area contributed by atoms with Crippen LogP contribution in [-0.2, 0) is 0 Å². The number of aromatic nitrogens is 1. The van der Waals surface area contributed by atoms with Crippen LogP contribution in [0.4, 0.5) is 9.93 Å². The Bertz CT molecular complexity index is 721. The molecular formula is C14H14N4O2S. The van der Waals surface area contributed by atoms with E-state index < -0.39 is 0 Å². The number of anilines is 1. The van der Waals surface area contributed by atoms with Gasteiger partial charge in [0.1, 0.15) is 5.75 Å². The van der Waals surface area contributed by atoms with Crippen molar-refractivity contribution in [2.45, 2.75) is 13.0 Å². The number of urea groups is 1. The number of nitrogens with one attached hydrogen (secondary N) is 2. The van der Waals surface area contributed by atoms with Crippen LogP contribution in [0.15, 0.2) is 35.3 Å². The van der Waals surface area contributed by atoms with E-state index in [1.165, 1.54) is 11.3 Å². The van der Waals surface area contributed by atoms with Crippen LogP contribution >= 0.6 is 11.3 Å². The molecule has 7 heteroatoms. The number of nitrogens with two attached hydrogens (primary N) is 1. The summed E-state index contributed by atoms with van der Waals surface area (Å²) < 4.78 is 0. The van der Waals surface area contributed by atoms with E-state index in [2.05, 4.69) is 15.6 Å². The number of amides is 2. The number of nitrogens with zero attached hydrogens (tertiary/aromatic N) is 1. The van der Waals surface area contributed by atoms with Crippen LogP contribution in [0.2, 0.25) is 0 Å². The number of phenolic OH excluding ortho intramolecular Hbond substituents is 1. The number of hydrogen-bond donors (Lipinski definition) is 4. The molecule has 2 aromatic rings. The number of carbonyl (C=O) groups is 1. The van der Waals surface area contributed by atoms with Crippen molar-refractivity contribution in [2.24, 2.45) is 0 Å². The number of phenols is 1. The molecule has 0 saturated heterocycles. The molecule has 1 unspecified atom stereocenters. The van der Waals surface area contributed by atoms with Gasteiger partial charge in [-0.3, -0.25) is 0 Å². The van der Waals surface area contributed by atoms with Gasteiger partial charge in [0.2, 0.25) is 0 Å². The number of nitrogen functional groups attached to an aromatic ring is 1. The Labute approximate surface area is 125 Å². The largest absolute Gasteiger partial charge is 0.508 e. The van der Waals surface area contributed by atoms with Gasteiger partial charge in [-0.15, -0.1) is 11.3 Å². The van der Waals surface area contributed by atoms with Gasteiger partial charge in [0.15, 0.2) is 5.13 Å². The summed E-state index contributed by atoms with van der Waals surface area (Å²) >= 11 is 1.35. The SMILES string of the molecule is CC1=C(c2csc(N)n2)C(c2ccc(O)cc2)NC(=O)N1. The second-order valence-electron chi connectivity index (χ2n) is 4.73. The van der Waals surface area contributed by atoms with Crippen LogP contribution in [-0.4, -0.2) is 16.1 Å². The minimum absolute atomic E-state index is 0.180. The third kappa shape index (κ3) is 2.55. The zero-order valence-electron chi connectivity index (χ0n) is 11.3. The summed E-state index contributed by atoms with van der Waals surface area (Å²) in [6.45, 7) is 1.83. The van der Waals surface area contributed by atoms with Crippen molar-refractivity contribution in [1.82, 2.24) is 15.6 Å². The molecule has 3 rings (SSSR count). The van der Waals surface area contributed by atoms with Gasteiger partial charge in [-0.2, -0.15) is 0 Å². The van der Waals surface area contributed by atoms with E-state index in [0.717, 1.165) is 22.5 Å². The van der Waals surface area contributed by atoms with Gasteiger partial charge in [0, 0.05) is 16.7 Å². The lowest BCUT2D eigenvalue weighted by atomic mass is 9.94. The van der Waals surface area contributed by atoms with Gasteiger partial charge in [-0.25, -0.2) is 9.78 Å². The third-order valence-corrected chi connectivity index (χ3v) is 3.97. The molecule has 1 atom stereocenters. The minimum Gasteiger partial charge on any atom is -0.508 e. The topological polar surface area (TPSA) is 100 Å². The monoisotopic (exact) mass is 302 g/mol. The van der Waals surface area contributed by atoms with Crippen molar-refractivity contribution >= 4 is 28.1 Å². The number of allylic oxidation sites excluding steroid dienone is 1. The fourth-order valence-electron chi connectivity index (χ4n) is 2.36. The summed E-state index contributed by atoms with van der Waals surface area (Å²) in [5.41, 5.74) is 8.91. The molecule has 5 N–H and O–H groups in total. The lowest BCUT2D eigenvalue weighted by molar-refractivity contribution is 0.240. The van der Waals surface area contributed by atoms with Crippen LogP contribution in [0.1, 0.15) is 24.2 Å². The molecule has 2 heterocycles. The number of rotatable bonds is 2. The van der Waals surface area contributed by atoms with E-state index >= 15 is 0 Å². The van der Waals surface area contributed by atoms with E-state index in [9.17, 15) is 9.90 Å². The highest BCUT2D eigenvalue weighted by Crippen LogP contribution is 2.35. The highest BCUT2D eigenvalue weighted by molar-refractivity contribution is 7.13. The first kappa shape index (κ1) is 13.4. The number of thiazole rings is 1. The van der Waals surface area contributed by atoms with Crippen LogP contribution in [0.5, 0.6) is 5.75 Å². The van der Waals surface area contributed by atoms with Crippen molar-refractivity contribution in [3.8, 4) is 5.75 Å². The second kappa shape index (κ2) is 5.10. The maximum absolute atomic E-state index is 11.8. The Balaban J connectivity index is 2.09. The molecule has 1 aliphatic heterocycles. The molecular weight excluding hydrogens is 288 g/mol. The smallest absolute Gasteiger partial charge is 0.319 e. The fraction of sp³-hybridized carbons (Fsp3) is 0.143. The van der Waals surface area contributed by atoms with E-state index in [-0.39, 0.29) is 17.8 Å². The first-order chi connectivity index (χ1) is 10.0. The van der Waals surface area contributed by atoms with E-state index in [4.69, 9.17) is 5.73 Å². The van der Waals surface area contributed by atoms with Gasteiger partial charge in [-0.1, -0.05) is 12.1 Å². The summed E-state index contributed by atoms with van der Waals surface area (Å²) in [7, 11) is 0. The standard InChI is InChI=1S/C14H14N4O2S/c1-7-11(10-6-21-13(15)17-10)12(18-14(20)16-7)8-2-4-9(19)5-3-8/h2-6,12,19H,1H3,(H2,15,17)(H2,16,18,20). The van der Waals surface area contributed by atoms with Crippen molar-refractivity contribution in [3.05, 3.63) is 46.6 Å².